The minimum absolute atomic E-state index is 0.158. The zero-order valence-corrected chi connectivity index (χ0v) is 12.0. The number of carbonyl (C=O) groups excluding carboxylic acids is 2. The van der Waals surface area contributed by atoms with Crippen molar-refractivity contribution in [1.82, 2.24) is 10.9 Å². The van der Waals surface area contributed by atoms with Crippen molar-refractivity contribution in [1.29, 1.82) is 0 Å². The van der Waals surface area contributed by atoms with Crippen molar-refractivity contribution in [2.45, 2.75) is 36.3 Å². The molecule has 2 amide bonds. The van der Waals surface area contributed by atoms with Crippen molar-refractivity contribution in [3.63, 3.8) is 0 Å². The zero-order chi connectivity index (χ0) is 11.9. The van der Waals surface area contributed by atoms with E-state index in [1.807, 2.05) is 6.92 Å². The van der Waals surface area contributed by atoms with Crippen LogP contribution in [0.5, 0.6) is 0 Å². The van der Waals surface area contributed by atoms with E-state index < -0.39 is 4.32 Å². The van der Waals surface area contributed by atoms with Crippen molar-refractivity contribution in [3.05, 3.63) is 0 Å². The quantitative estimate of drug-likeness (QED) is 0.590. The number of halogens is 2. The molecular weight excluding hydrogens is 328 g/mol. The molecule has 0 aromatic rings. The highest BCUT2D eigenvalue weighted by Gasteiger charge is 2.54. The summed E-state index contributed by atoms with van der Waals surface area (Å²) < 4.78 is -0.682. The lowest BCUT2D eigenvalue weighted by Crippen LogP contribution is -2.50. The summed E-state index contributed by atoms with van der Waals surface area (Å²) in [6.07, 6.45) is 0.798. The predicted molar refractivity (Wildman–Crippen MR) is 64.7 cm³/mol. The molecule has 1 rings (SSSR count). The highest BCUT2D eigenvalue weighted by atomic mass is 79.9. The minimum atomic E-state index is -0.682. The number of rotatable bonds is 2. The molecule has 6 heteroatoms. The molecule has 4 nitrogen and oxygen atoms in total. The molecule has 2 atom stereocenters. The Morgan fingerprint density at radius 3 is 2.20 bits per heavy atom. The van der Waals surface area contributed by atoms with E-state index >= 15 is 0 Å². The Hall–Kier alpha value is -0.100. The average Bonchev–Trinajstić information content (AvgIpc) is 2.69. The summed E-state index contributed by atoms with van der Waals surface area (Å²) in [6.45, 7) is 5.27. The first kappa shape index (κ1) is 13.0. The Balaban J connectivity index is 2.39. The molecule has 1 fully saturated rings. The Bertz CT molecular complexity index is 301. The van der Waals surface area contributed by atoms with Gasteiger partial charge in [0, 0.05) is 4.83 Å². The third-order valence-electron chi connectivity index (χ3n) is 2.48. The van der Waals surface area contributed by atoms with Crippen LogP contribution >= 0.6 is 31.9 Å². The normalized spacial score (nSPS) is 29.5. The number of carbonyl (C=O) groups is 2. The lowest BCUT2D eigenvalue weighted by molar-refractivity contribution is -0.132. The van der Waals surface area contributed by atoms with Crippen molar-refractivity contribution in [2.75, 3.05) is 0 Å². The monoisotopic (exact) mass is 340 g/mol. The molecule has 0 bridgehead atoms. The van der Waals surface area contributed by atoms with Crippen LogP contribution < -0.4 is 10.9 Å². The van der Waals surface area contributed by atoms with Gasteiger partial charge in [-0.05, 0) is 27.2 Å². The third kappa shape index (κ3) is 2.93. The summed E-state index contributed by atoms with van der Waals surface area (Å²) in [5.74, 6) is -0.430. The lowest BCUT2D eigenvalue weighted by atomic mass is 10.1. The third-order valence-corrected chi connectivity index (χ3v) is 4.18. The smallest absolute Gasteiger partial charge is 0.254 e. The number of alkyl halides is 2. The van der Waals surface area contributed by atoms with Crippen LogP contribution in [0.25, 0.3) is 0 Å². The molecule has 0 aromatic carbocycles. The second-order valence-electron chi connectivity index (χ2n) is 4.47. The van der Waals surface area contributed by atoms with E-state index in [4.69, 9.17) is 0 Å². The maximum absolute atomic E-state index is 11.6. The summed E-state index contributed by atoms with van der Waals surface area (Å²) in [7, 11) is 0. The van der Waals surface area contributed by atoms with Gasteiger partial charge in [0.25, 0.3) is 5.91 Å². The van der Waals surface area contributed by atoms with Gasteiger partial charge in [-0.25, -0.2) is 0 Å². The number of hydrazine groups is 1. The molecule has 0 aromatic heterocycles. The van der Waals surface area contributed by atoms with Gasteiger partial charge >= 0.3 is 0 Å². The highest BCUT2D eigenvalue weighted by Crippen LogP contribution is 2.51. The van der Waals surface area contributed by atoms with Crippen LogP contribution in [0.4, 0.5) is 0 Å². The Kier molecular flexibility index (Phi) is 3.50. The van der Waals surface area contributed by atoms with Crippen LogP contribution in [0.3, 0.4) is 0 Å². The fourth-order valence-corrected chi connectivity index (χ4v) is 1.93. The summed E-state index contributed by atoms with van der Waals surface area (Å²) in [5, 5.41) is 0. The van der Waals surface area contributed by atoms with Gasteiger partial charge in [-0.1, -0.05) is 31.9 Å². The van der Waals surface area contributed by atoms with Crippen LogP contribution in [0.1, 0.15) is 27.2 Å². The zero-order valence-electron chi connectivity index (χ0n) is 8.86. The molecule has 0 saturated heterocycles. The molecule has 0 unspecified atom stereocenters. The van der Waals surface area contributed by atoms with Gasteiger partial charge in [0.1, 0.15) is 4.32 Å². The Labute approximate surface area is 106 Å². The fourth-order valence-electron chi connectivity index (χ4n) is 0.953. The van der Waals surface area contributed by atoms with E-state index in [9.17, 15) is 9.59 Å². The van der Waals surface area contributed by atoms with Crippen molar-refractivity contribution in [3.8, 4) is 0 Å². The van der Waals surface area contributed by atoms with Gasteiger partial charge in [0.15, 0.2) is 0 Å². The standard InChI is InChI=1S/C9H14Br2N2O2/c1-8(2,11)6(14)12-13-7(15)9(3)4-5(9)10/h5H,4H2,1-3H3,(H,12,14)(H,13,15)/t5-,9-/m1/s1. The molecule has 15 heavy (non-hydrogen) atoms. The second-order valence-corrected chi connectivity index (χ2v) is 7.56. The fraction of sp³-hybridized carbons (Fsp3) is 0.778. The van der Waals surface area contributed by atoms with E-state index in [-0.39, 0.29) is 22.1 Å². The van der Waals surface area contributed by atoms with Crippen LogP contribution in [-0.4, -0.2) is 21.0 Å². The summed E-state index contributed by atoms with van der Waals surface area (Å²) in [6, 6.07) is 0. The first-order valence-corrected chi connectivity index (χ1v) is 6.32. The first-order valence-electron chi connectivity index (χ1n) is 4.62. The maximum atomic E-state index is 11.6. The van der Waals surface area contributed by atoms with Gasteiger partial charge in [-0.3, -0.25) is 20.4 Å². The van der Waals surface area contributed by atoms with E-state index in [1.54, 1.807) is 13.8 Å². The number of amides is 2. The van der Waals surface area contributed by atoms with Gasteiger partial charge in [-0.15, -0.1) is 0 Å². The van der Waals surface area contributed by atoms with Crippen LogP contribution in [0, 0.1) is 5.41 Å². The van der Waals surface area contributed by atoms with Gasteiger partial charge in [0.05, 0.1) is 5.41 Å². The summed E-state index contributed by atoms with van der Waals surface area (Å²) in [4.78, 5) is 23.2. The van der Waals surface area contributed by atoms with Gasteiger partial charge < -0.3 is 0 Å². The topological polar surface area (TPSA) is 58.2 Å². The van der Waals surface area contributed by atoms with E-state index in [2.05, 4.69) is 42.7 Å². The molecule has 0 spiro atoms. The SMILES string of the molecule is CC(C)(Br)C(=O)NNC(=O)[C@]1(C)C[C@H]1Br. The predicted octanol–water partition coefficient (Wildman–Crippen LogP) is 1.48. The van der Waals surface area contributed by atoms with E-state index in [0.717, 1.165) is 6.42 Å². The Morgan fingerprint density at radius 2 is 1.87 bits per heavy atom. The lowest BCUT2D eigenvalue weighted by Gasteiger charge is -2.17. The van der Waals surface area contributed by atoms with Crippen molar-refractivity contribution < 1.29 is 9.59 Å². The molecule has 0 radical (unpaired) electrons. The first-order chi connectivity index (χ1) is 6.68. The molecular formula is C9H14Br2N2O2. The largest absolute Gasteiger partial charge is 0.273 e. The molecule has 0 aliphatic heterocycles. The molecule has 1 aliphatic carbocycles. The molecule has 86 valence electrons. The number of hydrogen-bond donors (Lipinski definition) is 2. The molecule has 2 N–H and O–H groups in total. The van der Waals surface area contributed by atoms with Gasteiger partial charge in [-0.2, -0.15) is 0 Å². The second kappa shape index (κ2) is 4.05. The van der Waals surface area contributed by atoms with Crippen molar-refractivity contribution in [2.24, 2.45) is 5.41 Å². The summed E-state index contributed by atoms with van der Waals surface area (Å²) in [5.41, 5.74) is 4.42. The minimum Gasteiger partial charge on any atom is -0.273 e. The van der Waals surface area contributed by atoms with E-state index in [1.165, 1.54) is 0 Å². The van der Waals surface area contributed by atoms with Crippen LogP contribution in [-0.2, 0) is 9.59 Å². The number of hydrogen-bond acceptors (Lipinski definition) is 2. The molecule has 1 saturated carbocycles. The molecule has 1 aliphatic rings. The summed E-state index contributed by atoms with van der Waals surface area (Å²) >= 11 is 6.57. The average molecular weight is 342 g/mol. The molecule has 0 heterocycles. The Morgan fingerprint density at radius 1 is 1.40 bits per heavy atom. The van der Waals surface area contributed by atoms with Crippen LogP contribution in [0.15, 0.2) is 0 Å². The van der Waals surface area contributed by atoms with E-state index in [0.29, 0.717) is 0 Å². The highest BCUT2D eigenvalue weighted by molar-refractivity contribution is 9.10. The maximum Gasteiger partial charge on any atom is 0.254 e. The van der Waals surface area contributed by atoms with Crippen molar-refractivity contribution >= 4 is 43.7 Å². The van der Waals surface area contributed by atoms with Gasteiger partial charge in [0.2, 0.25) is 5.91 Å². The van der Waals surface area contributed by atoms with Crippen LogP contribution in [0.2, 0.25) is 0 Å². The number of nitrogens with one attached hydrogen (secondary N) is 2.